The first-order chi connectivity index (χ1) is 6.40. The summed E-state index contributed by atoms with van der Waals surface area (Å²) in [6.45, 7) is 0. The average Bonchev–Trinajstić information content (AvgIpc) is 2.71. The fourth-order valence-electron chi connectivity index (χ4n) is 1.06. The highest BCUT2D eigenvalue weighted by Gasteiger charge is 2.06. The molecule has 0 aliphatic carbocycles. The maximum absolute atomic E-state index is 10.4. The van der Waals surface area contributed by atoms with Gasteiger partial charge in [-0.05, 0) is 0 Å². The molecule has 1 aromatic carbocycles. The normalized spacial score (nSPS) is 14.3. The molecule has 0 atom stereocenters. The van der Waals surface area contributed by atoms with Crippen LogP contribution in [0.15, 0.2) is 29.4 Å². The number of rotatable bonds is 2. The van der Waals surface area contributed by atoms with Gasteiger partial charge in [-0.3, -0.25) is 10.2 Å². The maximum Gasteiger partial charge on any atom is 0.170 e. The fourth-order valence-corrected chi connectivity index (χ4v) is 1.06. The Morgan fingerprint density at radius 1 is 1.23 bits per heavy atom. The lowest BCUT2D eigenvalue weighted by molar-refractivity contribution is 0.112. The molecule has 1 heterocycles. The third-order valence-electron chi connectivity index (χ3n) is 1.72. The third-order valence-corrected chi connectivity index (χ3v) is 1.72. The molecule has 1 aliphatic rings. The molecule has 0 spiro atoms. The second kappa shape index (κ2) is 3.24. The molecule has 0 radical (unpaired) electrons. The van der Waals surface area contributed by atoms with Gasteiger partial charge in [0, 0.05) is 11.1 Å². The van der Waals surface area contributed by atoms with Gasteiger partial charge in [0.05, 0.1) is 0 Å². The fraction of sp³-hybridized carbons (Fsp3) is 0. The van der Waals surface area contributed by atoms with E-state index < -0.39 is 0 Å². The van der Waals surface area contributed by atoms with Gasteiger partial charge in [0.2, 0.25) is 0 Å². The van der Waals surface area contributed by atoms with Gasteiger partial charge in [-0.2, -0.15) is 0 Å². The molecule has 0 unspecified atom stereocenters. The number of carbonyl (C=O) groups is 1. The van der Waals surface area contributed by atoms with Gasteiger partial charge in [-0.1, -0.05) is 24.3 Å². The summed E-state index contributed by atoms with van der Waals surface area (Å²) in [4.78, 5) is 10.4. The zero-order valence-corrected chi connectivity index (χ0v) is 6.74. The van der Waals surface area contributed by atoms with Crippen molar-refractivity contribution in [1.82, 2.24) is 16.5 Å². The van der Waals surface area contributed by atoms with E-state index in [1.54, 1.807) is 12.1 Å². The summed E-state index contributed by atoms with van der Waals surface area (Å²) >= 11 is 0. The molecule has 0 bridgehead atoms. The van der Waals surface area contributed by atoms with Crippen molar-refractivity contribution in [2.75, 3.05) is 0 Å². The third kappa shape index (κ3) is 1.50. The summed E-state index contributed by atoms with van der Waals surface area (Å²) in [6.07, 6.45) is 0.810. The van der Waals surface area contributed by atoms with E-state index in [2.05, 4.69) is 21.6 Å². The standard InChI is InChI=1S/C8H8N4O/c13-5-6-1-3-7(4-2-6)8-9-11-12-10-8/h1-5,11-12H,(H,9,10). The average molecular weight is 176 g/mol. The zero-order valence-electron chi connectivity index (χ0n) is 6.74. The predicted octanol–water partition coefficient (Wildman–Crippen LogP) is -0.227. The molecule has 3 N–H and O–H groups in total. The van der Waals surface area contributed by atoms with Gasteiger partial charge < -0.3 is 0 Å². The highest BCUT2D eigenvalue weighted by atomic mass is 16.1. The number of carbonyl (C=O) groups excluding carboxylic acids is 1. The van der Waals surface area contributed by atoms with Crippen molar-refractivity contribution in [2.24, 2.45) is 5.10 Å². The van der Waals surface area contributed by atoms with Crippen molar-refractivity contribution in [3.8, 4) is 0 Å². The van der Waals surface area contributed by atoms with Crippen LogP contribution in [0.3, 0.4) is 0 Å². The summed E-state index contributed by atoms with van der Waals surface area (Å²) in [7, 11) is 0. The summed E-state index contributed by atoms with van der Waals surface area (Å²) in [5, 5.41) is 3.92. The Kier molecular flexibility index (Phi) is 1.93. The smallest absolute Gasteiger partial charge is 0.170 e. The predicted molar refractivity (Wildman–Crippen MR) is 47.8 cm³/mol. The minimum absolute atomic E-state index is 0.656. The first-order valence-corrected chi connectivity index (χ1v) is 3.79. The van der Waals surface area contributed by atoms with E-state index in [1.165, 1.54) is 0 Å². The van der Waals surface area contributed by atoms with Crippen LogP contribution >= 0.6 is 0 Å². The van der Waals surface area contributed by atoms with E-state index in [1.807, 2.05) is 12.1 Å². The summed E-state index contributed by atoms with van der Waals surface area (Å²) in [5.74, 6) is 0.706. The Balaban J connectivity index is 2.26. The second-order valence-corrected chi connectivity index (χ2v) is 2.56. The molecule has 13 heavy (non-hydrogen) atoms. The van der Waals surface area contributed by atoms with E-state index in [9.17, 15) is 4.79 Å². The van der Waals surface area contributed by atoms with Crippen LogP contribution < -0.4 is 16.5 Å². The lowest BCUT2D eigenvalue weighted by Crippen LogP contribution is -2.35. The van der Waals surface area contributed by atoms with Crippen molar-refractivity contribution in [3.63, 3.8) is 0 Å². The molecular formula is C8H8N4O. The topological polar surface area (TPSA) is 65.5 Å². The highest BCUT2D eigenvalue weighted by Crippen LogP contribution is 2.03. The van der Waals surface area contributed by atoms with Crippen LogP contribution in [0.5, 0.6) is 0 Å². The molecule has 5 heteroatoms. The Labute approximate surface area is 74.8 Å². The molecule has 0 saturated heterocycles. The molecule has 0 amide bonds. The van der Waals surface area contributed by atoms with Crippen LogP contribution in [-0.4, -0.2) is 12.1 Å². The molecule has 0 saturated carbocycles. The van der Waals surface area contributed by atoms with Gasteiger partial charge in [0.25, 0.3) is 0 Å². The van der Waals surface area contributed by atoms with Crippen molar-refractivity contribution in [3.05, 3.63) is 35.4 Å². The summed E-state index contributed by atoms with van der Waals surface area (Å²) in [5.41, 5.74) is 9.57. The number of amidine groups is 1. The van der Waals surface area contributed by atoms with Crippen LogP contribution in [0.4, 0.5) is 0 Å². The molecule has 5 nitrogen and oxygen atoms in total. The minimum Gasteiger partial charge on any atom is -0.298 e. The van der Waals surface area contributed by atoms with E-state index >= 15 is 0 Å². The molecule has 66 valence electrons. The van der Waals surface area contributed by atoms with Crippen molar-refractivity contribution in [1.29, 1.82) is 0 Å². The van der Waals surface area contributed by atoms with Gasteiger partial charge in [0.1, 0.15) is 6.29 Å². The SMILES string of the molecule is O=Cc1ccc(C2=NNNN2)cc1. The second-order valence-electron chi connectivity index (χ2n) is 2.56. The van der Waals surface area contributed by atoms with Crippen LogP contribution in [0, 0.1) is 0 Å². The van der Waals surface area contributed by atoms with Crippen LogP contribution in [0.1, 0.15) is 15.9 Å². The Bertz CT molecular complexity index is 344. The quantitative estimate of drug-likeness (QED) is 0.545. The summed E-state index contributed by atoms with van der Waals surface area (Å²) in [6, 6.07) is 7.13. The molecule has 1 aliphatic heterocycles. The van der Waals surface area contributed by atoms with E-state index in [0.717, 1.165) is 11.8 Å². The lowest BCUT2D eigenvalue weighted by atomic mass is 10.1. The van der Waals surface area contributed by atoms with Crippen LogP contribution in [0.2, 0.25) is 0 Å². The van der Waals surface area contributed by atoms with Crippen molar-refractivity contribution in [2.45, 2.75) is 0 Å². The number of aldehydes is 1. The van der Waals surface area contributed by atoms with Gasteiger partial charge in [-0.25, -0.2) is 5.53 Å². The Morgan fingerprint density at radius 2 is 2.00 bits per heavy atom. The van der Waals surface area contributed by atoms with Crippen molar-refractivity contribution < 1.29 is 4.79 Å². The molecule has 2 rings (SSSR count). The van der Waals surface area contributed by atoms with Crippen molar-refractivity contribution >= 4 is 12.1 Å². The number of hydrogen-bond acceptors (Lipinski definition) is 5. The number of nitrogens with zero attached hydrogens (tertiary/aromatic N) is 1. The minimum atomic E-state index is 0.656. The molecule has 1 aromatic rings. The van der Waals surface area contributed by atoms with Crippen LogP contribution in [-0.2, 0) is 0 Å². The first-order valence-electron chi connectivity index (χ1n) is 3.79. The zero-order chi connectivity index (χ0) is 9.10. The number of benzene rings is 1. The Hall–Kier alpha value is -1.88. The van der Waals surface area contributed by atoms with E-state index in [0.29, 0.717) is 11.4 Å². The Morgan fingerprint density at radius 3 is 2.54 bits per heavy atom. The molecule has 0 aromatic heterocycles. The number of hydrazine groups is 2. The summed E-state index contributed by atoms with van der Waals surface area (Å²) < 4.78 is 0. The number of nitrogens with one attached hydrogen (secondary N) is 3. The lowest BCUT2D eigenvalue weighted by Gasteiger charge is -1.99. The molecule has 0 fully saturated rings. The molecular weight excluding hydrogens is 168 g/mol. The monoisotopic (exact) mass is 176 g/mol. The number of hydrazone groups is 1. The van der Waals surface area contributed by atoms with Crippen LogP contribution in [0.25, 0.3) is 0 Å². The van der Waals surface area contributed by atoms with E-state index in [4.69, 9.17) is 0 Å². The van der Waals surface area contributed by atoms with Gasteiger partial charge in [0.15, 0.2) is 5.84 Å². The number of hydrogen-bond donors (Lipinski definition) is 3. The van der Waals surface area contributed by atoms with Gasteiger partial charge in [-0.15, -0.1) is 10.6 Å². The largest absolute Gasteiger partial charge is 0.298 e. The first kappa shape index (κ1) is 7.75. The maximum atomic E-state index is 10.4. The van der Waals surface area contributed by atoms with E-state index in [-0.39, 0.29) is 0 Å². The highest BCUT2D eigenvalue weighted by molar-refractivity contribution is 5.99. The van der Waals surface area contributed by atoms with Gasteiger partial charge >= 0.3 is 0 Å².